The SMILES string of the molecule is CC(=O)O[C@@H]1CN2C(=O)OCC2[C@@H]1OC(C)=O. The van der Waals surface area contributed by atoms with Crippen molar-refractivity contribution in [2.75, 3.05) is 13.2 Å². The summed E-state index contributed by atoms with van der Waals surface area (Å²) in [6, 6.07) is -0.365. The maximum atomic E-state index is 11.3. The van der Waals surface area contributed by atoms with Gasteiger partial charge in [0, 0.05) is 13.8 Å². The van der Waals surface area contributed by atoms with E-state index >= 15 is 0 Å². The highest BCUT2D eigenvalue weighted by Gasteiger charge is 2.52. The molecule has 2 saturated heterocycles. The molecule has 7 heteroatoms. The summed E-state index contributed by atoms with van der Waals surface area (Å²) < 4.78 is 15.0. The molecule has 0 spiro atoms. The molecule has 17 heavy (non-hydrogen) atoms. The van der Waals surface area contributed by atoms with E-state index in [2.05, 4.69) is 0 Å². The van der Waals surface area contributed by atoms with Crippen LogP contribution in [0.5, 0.6) is 0 Å². The van der Waals surface area contributed by atoms with Gasteiger partial charge >= 0.3 is 18.0 Å². The van der Waals surface area contributed by atoms with E-state index in [1.807, 2.05) is 0 Å². The van der Waals surface area contributed by atoms with Crippen LogP contribution >= 0.6 is 0 Å². The van der Waals surface area contributed by atoms with Gasteiger partial charge in [0.1, 0.15) is 12.6 Å². The zero-order valence-electron chi connectivity index (χ0n) is 9.54. The minimum atomic E-state index is -0.650. The number of ether oxygens (including phenoxy) is 3. The molecule has 0 aromatic rings. The fourth-order valence-electron chi connectivity index (χ4n) is 2.16. The summed E-state index contributed by atoms with van der Waals surface area (Å²) in [4.78, 5) is 34.7. The average Bonchev–Trinajstić information content (AvgIpc) is 2.69. The van der Waals surface area contributed by atoms with Crippen LogP contribution in [0.2, 0.25) is 0 Å². The Labute approximate surface area is 97.6 Å². The Morgan fingerprint density at radius 2 is 1.94 bits per heavy atom. The Balaban J connectivity index is 2.13. The van der Waals surface area contributed by atoms with E-state index in [1.165, 1.54) is 18.7 Å². The fourth-order valence-corrected chi connectivity index (χ4v) is 2.16. The highest BCUT2D eigenvalue weighted by Crippen LogP contribution is 2.29. The van der Waals surface area contributed by atoms with Gasteiger partial charge in [-0.15, -0.1) is 0 Å². The summed E-state index contributed by atoms with van der Waals surface area (Å²) in [5.41, 5.74) is 0. The number of fused-ring (bicyclic) bond motifs is 1. The average molecular weight is 243 g/mol. The molecule has 1 unspecified atom stereocenters. The fraction of sp³-hybridized carbons (Fsp3) is 0.700. The molecule has 2 rings (SSSR count). The predicted molar refractivity (Wildman–Crippen MR) is 53.0 cm³/mol. The third-order valence-corrected chi connectivity index (χ3v) is 2.75. The van der Waals surface area contributed by atoms with E-state index in [9.17, 15) is 14.4 Å². The molecule has 2 fully saturated rings. The zero-order valence-corrected chi connectivity index (χ0v) is 9.54. The lowest BCUT2D eigenvalue weighted by atomic mass is 10.1. The van der Waals surface area contributed by atoms with Gasteiger partial charge in [0.05, 0.1) is 6.54 Å². The molecule has 3 atom stereocenters. The maximum Gasteiger partial charge on any atom is 0.410 e. The summed E-state index contributed by atoms with van der Waals surface area (Å²) in [5, 5.41) is 0. The monoisotopic (exact) mass is 243 g/mol. The molecule has 2 aliphatic heterocycles. The quantitative estimate of drug-likeness (QED) is 0.488. The molecule has 0 saturated carbocycles. The molecule has 94 valence electrons. The Morgan fingerprint density at radius 3 is 2.53 bits per heavy atom. The van der Waals surface area contributed by atoms with Gasteiger partial charge < -0.3 is 14.2 Å². The van der Waals surface area contributed by atoms with Gasteiger partial charge in [-0.2, -0.15) is 0 Å². The van der Waals surface area contributed by atoms with Crippen molar-refractivity contribution in [1.29, 1.82) is 0 Å². The molecule has 2 heterocycles. The first-order chi connectivity index (χ1) is 7.99. The number of hydrogen-bond acceptors (Lipinski definition) is 6. The maximum absolute atomic E-state index is 11.3. The normalized spacial score (nSPS) is 30.8. The van der Waals surface area contributed by atoms with Crippen molar-refractivity contribution in [3.63, 3.8) is 0 Å². The Morgan fingerprint density at radius 1 is 1.29 bits per heavy atom. The highest BCUT2D eigenvalue weighted by atomic mass is 16.6. The predicted octanol–water partition coefficient (Wildman–Crippen LogP) is -0.316. The topological polar surface area (TPSA) is 82.1 Å². The standard InChI is InChI=1S/C10H13NO6/c1-5(12)16-8-3-11-7(4-15-10(11)14)9(8)17-6(2)13/h7-9H,3-4H2,1-2H3/t7?,8-,9+/m1/s1. The second-order valence-electron chi connectivity index (χ2n) is 4.02. The van der Waals surface area contributed by atoms with Gasteiger partial charge in [-0.3, -0.25) is 14.5 Å². The Bertz CT molecular complexity index is 368. The van der Waals surface area contributed by atoms with Crippen molar-refractivity contribution in [2.45, 2.75) is 32.1 Å². The number of rotatable bonds is 2. The second-order valence-corrected chi connectivity index (χ2v) is 4.02. The van der Waals surface area contributed by atoms with E-state index < -0.39 is 30.2 Å². The molecule has 7 nitrogen and oxygen atoms in total. The first-order valence-electron chi connectivity index (χ1n) is 5.27. The smallest absolute Gasteiger partial charge is 0.410 e. The lowest BCUT2D eigenvalue weighted by molar-refractivity contribution is -0.162. The lowest BCUT2D eigenvalue weighted by Gasteiger charge is -2.20. The molecule has 2 aliphatic rings. The van der Waals surface area contributed by atoms with Gasteiger partial charge in [-0.25, -0.2) is 4.79 Å². The summed E-state index contributed by atoms with van der Waals surface area (Å²) >= 11 is 0. The minimum absolute atomic E-state index is 0.147. The molecule has 0 N–H and O–H groups in total. The Kier molecular flexibility index (Phi) is 2.91. The molecule has 0 aliphatic carbocycles. The third kappa shape index (κ3) is 2.17. The summed E-state index contributed by atoms with van der Waals surface area (Å²) in [6.07, 6.45) is -1.74. The number of amides is 1. The number of carbonyl (C=O) groups excluding carboxylic acids is 3. The van der Waals surface area contributed by atoms with Crippen LogP contribution in [-0.2, 0) is 23.8 Å². The van der Waals surface area contributed by atoms with Crippen molar-refractivity contribution >= 4 is 18.0 Å². The van der Waals surface area contributed by atoms with E-state index in [0.29, 0.717) is 0 Å². The molecule has 1 amide bonds. The van der Waals surface area contributed by atoms with Crippen LogP contribution in [0.3, 0.4) is 0 Å². The van der Waals surface area contributed by atoms with E-state index in [1.54, 1.807) is 0 Å². The number of cyclic esters (lactones) is 1. The number of esters is 2. The van der Waals surface area contributed by atoms with Gasteiger partial charge in [0.2, 0.25) is 0 Å². The molecular formula is C10H13NO6. The number of nitrogens with zero attached hydrogens (tertiary/aromatic N) is 1. The van der Waals surface area contributed by atoms with Crippen molar-refractivity contribution in [2.24, 2.45) is 0 Å². The van der Waals surface area contributed by atoms with E-state index in [-0.39, 0.29) is 19.2 Å². The van der Waals surface area contributed by atoms with E-state index in [0.717, 1.165) is 0 Å². The minimum Gasteiger partial charge on any atom is -0.457 e. The molecule has 0 radical (unpaired) electrons. The van der Waals surface area contributed by atoms with Crippen LogP contribution in [0.25, 0.3) is 0 Å². The largest absolute Gasteiger partial charge is 0.457 e. The molecule has 0 aromatic heterocycles. The van der Waals surface area contributed by atoms with Gasteiger partial charge in [0.15, 0.2) is 12.2 Å². The van der Waals surface area contributed by atoms with Gasteiger partial charge in [-0.05, 0) is 0 Å². The zero-order chi connectivity index (χ0) is 12.6. The van der Waals surface area contributed by atoms with Crippen LogP contribution in [0, 0.1) is 0 Å². The van der Waals surface area contributed by atoms with Crippen molar-refractivity contribution < 1.29 is 28.6 Å². The number of carbonyl (C=O) groups is 3. The summed E-state index contributed by atoms with van der Waals surface area (Å²) in [7, 11) is 0. The first kappa shape index (κ1) is 11.7. The Hall–Kier alpha value is -1.79. The van der Waals surface area contributed by atoms with Crippen LogP contribution in [0.15, 0.2) is 0 Å². The second kappa shape index (κ2) is 4.23. The lowest BCUT2D eigenvalue weighted by Crippen LogP contribution is -2.39. The summed E-state index contributed by atoms with van der Waals surface area (Å²) in [6.45, 7) is 2.88. The first-order valence-corrected chi connectivity index (χ1v) is 5.27. The van der Waals surface area contributed by atoms with Crippen LogP contribution in [-0.4, -0.2) is 54.3 Å². The molecular weight excluding hydrogens is 230 g/mol. The van der Waals surface area contributed by atoms with Crippen molar-refractivity contribution in [3.05, 3.63) is 0 Å². The van der Waals surface area contributed by atoms with Crippen LogP contribution < -0.4 is 0 Å². The van der Waals surface area contributed by atoms with Crippen LogP contribution in [0.4, 0.5) is 4.79 Å². The van der Waals surface area contributed by atoms with Crippen molar-refractivity contribution in [3.8, 4) is 0 Å². The van der Waals surface area contributed by atoms with Crippen molar-refractivity contribution in [1.82, 2.24) is 4.90 Å². The van der Waals surface area contributed by atoms with Gasteiger partial charge in [-0.1, -0.05) is 0 Å². The van der Waals surface area contributed by atoms with Gasteiger partial charge in [0.25, 0.3) is 0 Å². The highest BCUT2D eigenvalue weighted by molar-refractivity contribution is 5.72. The summed E-state index contributed by atoms with van der Waals surface area (Å²) in [5.74, 6) is -0.949. The molecule has 0 bridgehead atoms. The molecule has 0 aromatic carbocycles. The van der Waals surface area contributed by atoms with Crippen LogP contribution in [0.1, 0.15) is 13.8 Å². The van der Waals surface area contributed by atoms with E-state index in [4.69, 9.17) is 14.2 Å². The number of hydrogen-bond donors (Lipinski definition) is 0. The third-order valence-electron chi connectivity index (χ3n) is 2.75.